The van der Waals surface area contributed by atoms with E-state index in [0.29, 0.717) is 11.8 Å². The summed E-state index contributed by atoms with van der Waals surface area (Å²) in [6, 6.07) is 17.0. The number of hydrogen-bond donors (Lipinski definition) is 0. The smallest absolute Gasteiger partial charge is 0.0709 e. The molecule has 0 aliphatic rings. The summed E-state index contributed by atoms with van der Waals surface area (Å²) in [7, 11) is 0. The first-order chi connectivity index (χ1) is 11.1. The predicted octanol–water partition coefficient (Wildman–Crippen LogP) is 5.79. The lowest BCUT2D eigenvalue weighted by atomic mass is 9.96. The Morgan fingerprint density at radius 3 is 2.22 bits per heavy atom. The first-order valence-electron chi connectivity index (χ1n) is 8.31. The van der Waals surface area contributed by atoms with Crippen LogP contribution in [0.4, 0.5) is 0 Å². The highest BCUT2D eigenvalue weighted by molar-refractivity contribution is 5.65. The minimum atomic E-state index is 0.384. The SMILES string of the molecule is CC(C)c1ccnc(C(C)C)c1-n1cccc1-c1ccccc1. The second-order valence-corrected chi connectivity index (χ2v) is 6.57. The summed E-state index contributed by atoms with van der Waals surface area (Å²) >= 11 is 0. The number of aromatic nitrogens is 2. The van der Waals surface area contributed by atoms with Gasteiger partial charge < -0.3 is 4.57 Å². The van der Waals surface area contributed by atoms with E-state index in [4.69, 9.17) is 4.98 Å². The number of benzene rings is 1. The quantitative estimate of drug-likeness (QED) is 0.597. The van der Waals surface area contributed by atoms with Gasteiger partial charge in [0.25, 0.3) is 0 Å². The van der Waals surface area contributed by atoms with Gasteiger partial charge >= 0.3 is 0 Å². The topological polar surface area (TPSA) is 17.8 Å². The van der Waals surface area contributed by atoms with Crippen molar-refractivity contribution in [1.82, 2.24) is 9.55 Å². The highest BCUT2D eigenvalue weighted by Crippen LogP contribution is 2.33. The van der Waals surface area contributed by atoms with Crippen LogP contribution in [-0.2, 0) is 0 Å². The van der Waals surface area contributed by atoms with E-state index in [0.717, 1.165) is 5.69 Å². The van der Waals surface area contributed by atoms with Crippen molar-refractivity contribution in [2.45, 2.75) is 39.5 Å². The standard InChI is InChI=1S/C21H24N2/c1-15(2)18-12-13-22-20(16(3)4)21(18)23-14-8-11-19(23)17-9-6-5-7-10-17/h5-16H,1-4H3. The molecule has 0 spiro atoms. The summed E-state index contributed by atoms with van der Waals surface area (Å²) in [4.78, 5) is 4.69. The van der Waals surface area contributed by atoms with Crippen molar-refractivity contribution in [2.75, 3.05) is 0 Å². The Hall–Kier alpha value is -2.35. The molecule has 0 fully saturated rings. The Balaban J connectivity index is 2.26. The molecular formula is C21H24N2. The van der Waals surface area contributed by atoms with Gasteiger partial charge in [-0.1, -0.05) is 58.0 Å². The lowest BCUT2D eigenvalue weighted by molar-refractivity contribution is 0.776. The van der Waals surface area contributed by atoms with Crippen LogP contribution in [0.5, 0.6) is 0 Å². The van der Waals surface area contributed by atoms with Crippen molar-refractivity contribution >= 4 is 0 Å². The molecule has 0 aliphatic carbocycles. The lowest BCUT2D eigenvalue weighted by Crippen LogP contribution is -2.09. The molecule has 0 saturated carbocycles. The Morgan fingerprint density at radius 2 is 1.57 bits per heavy atom. The number of rotatable bonds is 4. The van der Waals surface area contributed by atoms with Crippen LogP contribution in [0.3, 0.4) is 0 Å². The minimum Gasteiger partial charge on any atom is -0.315 e. The number of hydrogen-bond acceptors (Lipinski definition) is 1. The molecule has 2 nitrogen and oxygen atoms in total. The van der Waals surface area contributed by atoms with Crippen molar-refractivity contribution in [3.05, 3.63) is 72.2 Å². The van der Waals surface area contributed by atoms with E-state index in [1.165, 1.54) is 22.5 Å². The number of nitrogens with zero attached hydrogens (tertiary/aromatic N) is 2. The molecule has 2 heterocycles. The lowest BCUT2D eigenvalue weighted by Gasteiger charge is -2.21. The number of pyridine rings is 1. The van der Waals surface area contributed by atoms with Crippen molar-refractivity contribution in [3.8, 4) is 16.9 Å². The van der Waals surface area contributed by atoms with Crippen molar-refractivity contribution in [1.29, 1.82) is 0 Å². The summed E-state index contributed by atoms with van der Waals surface area (Å²) in [5.74, 6) is 0.839. The van der Waals surface area contributed by atoms with E-state index < -0.39 is 0 Å². The maximum absolute atomic E-state index is 4.69. The molecule has 0 radical (unpaired) electrons. The Kier molecular flexibility index (Phi) is 4.33. The molecule has 2 aromatic heterocycles. The van der Waals surface area contributed by atoms with E-state index in [1.807, 2.05) is 6.20 Å². The summed E-state index contributed by atoms with van der Waals surface area (Å²) < 4.78 is 2.30. The second-order valence-electron chi connectivity index (χ2n) is 6.57. The predicted molar refractivity (Wildman–Crippen MR) is 97.2 cm³/mol. The van der Waals surface area contributed by atoms with Crippen molar-refractivity contribution < 1.29 is 0 Å². The molecule has 0 bridgehead atoms. The zero-order valence-electron chi connectivity index (χ0n) is 14.3. The van der Waals surface area contributed by atoms with Crippen LogP contribution >= 0.6 is 0 Å². The third-order valence-corrected chi connectivity index (χ3v) is 4.21. The molecule has 1 aromatic carbocycles. The van der Waals surface area contributed by atoms with E-state index in [1.54, 1.807) is 0 Å². The van der Waals surface area contributed by atoms with Gasteiger partial charge in [-0.15, -0.1) is 0 Å². The van der Waals surface area contributed by atoms with Crippen molar-refractivity contribution in [2.24, 2.45) is 0 Å². The van der Waals surface area contributed by atoms with Gasteiger partial charge in [0.15, 0.2) is 0 Å². The van der Waals surface area contributed by atoms with Gasteiger partial charge in [0.2, 0.25) is 0 Å². The zero-order valence-corrected chi connectivity index (χ0v) is 14.3. The fourth-order valence-corrected chi connectivity index (χ4v) is 3.06. The molecular weight excluding hydrogens is 280 g/mol. The normalized spacial score (nSPS) is 11.4. The molecule has 0 atom stereocenters. The Bertz CT molecular complexity index is 756. The average Bonchev–Trinajstić information content (AvgIpc) is 3.04. The molecule has 0 aliphatic heterocycles. The third kappa shape index (κ3) is 2.94. The molecule has 23 heavy (non-hydrogen) atoms. The van der Waals surface area contributed by atoms with Crippen LogP contribution in [0.25, 0.3) is 16.9 Å². The van der Waals surface area contributed by atoms with Gasteiger partial charge in [-0.25, -0.2) is 0 Å². The van der Waals surface area contributed by atoms with Crippen LogP contribution in [0.2, 0.25) is 0 Å². The minimum absolute atomic E-state index is 0.384. The zero-order chi connectivity index (χ0) is 16.4. The highest BCUT2D eigenvalue weighted by Gasteiger charge is 2.18. The van der Waals surface area contributed by atoms with Gasteiger partial charge in [0.05, 0.1) is 17.1 Å². The van der Waals surface area contributed by atoms with Crippen LogP contribution in [-0.4, -0.2) is 9.55 Å². The monoisotopic (exact) mass is 304 g/mol. The molecule has 3 aromatic rings. The molecule has 2 heteroatoms. The van der Waals surface area contributed by atoms with Gasteiger partial charge in [0, 0.05) is 12.4 Å². The van der Waals surface area contributed by atoms with E-state index in [9.17, 15) is 0 Å². The largest absolute Gasteiger partial charge is 0.315 e. The van der Waals surface area contributed by atoms with E-state index in [2.05, 4.69) is 87.0 Å². The Morgan fingerprint density at radius 1 is 0.826 bits per heavy atom. The first-order valence-corrected chi connectivity index (χ1v) is 8.31. The van der Waals surface area contributed by atoms with Crippen LogP contribution in [0.15, 0.2) is 60.9 Å². The third-order valence-electron chi connectivity index (χ3n) is 4.21. The fraction of sp³-hybridized carbons (Fsp3) is 0.286. The summed E-state index contributed by atoms with van der Waals surface area (Å²) in [6.45, 7) is 8.91. The highest BCUT2D eigenvalue weighted by atomic mass is 15.0. The molecule has 0 amide bonds. The summed E-state index contributed by atoms with van der Waals surface area (Å²) in [5.41, 5.74) is 6.18. The van der Waals surface area contributed by atoms with Crippen LogP contribution in [0.1, 0.15) is 50.8 Å². The molecule has 3 rings (SSSR count). The van der Waals surface area contributed by atoms with Crippen molar-refractivity contribution in [3.63, 3.8) is 0 Å². The molecule has 0 saturated heterocycles. The van der Waals surface area contributed by atoms with Gasteiger partial charge in [-0.05, 0) is 41.2 Å². The van der Waals surface area contributed by atoms with Gasteiger partial charge in [-0.3, -0.25) is 4.98 Å². The molecule has 118 valence electrons. The first kappa shape index (κ1) is 15.5. The average molecular weight is 304 g/mol. The second kappa shape index (κ2) is 6.41. The molecule has 0 unspecified atom stereocenters. The Labute approximate surface area is 138 Å². The van der Waals surface area contributed by atoms with Crippen LogP contribution < -0.4 is 0 Å². The maximum Gasteiger partial charge on any atom is 0.0709 e. The fourth-order valence-electron chi connectivity index (χ4n) is 3.06. The maximum atomic E-state index is 4.69. The van der Waals surface area contributed by atoms with E-state index in [-0.39, 0.29) is 0 Å². The summed E-state index contributed by atoms with van der Waals surface area (Å²) in [6.07, 6.45) is 4.09. The molecule has 0 N–H and O–H groups in total. The van der Waals surface area contributed by atoms with Gasteiger partial charge in [0.1, 0.15) is 0 Å². The van der Waals surface area contributed by atoms with Crippen LogP contribution in [0, 0.1) is 0 Å². The van der Waals surface area contributed by atoms with Gasteiger partial charge in [-0.2, -0.15) is 0 Å². The summed E-state index contributed by atoms with van der Waals surface area (Å²) in [5, 5.41) is 0. The van der Waals surface area contributed by atoms with E-state index >= 15 is 0 Å².